The van der Waals surface area contributed by atoms with E-state index in [1.807, 2.05) is 12.1 Å². The number of hydrogen-bond donors (Lipinski definition) is 1. The van der Waals surface area contributed by atoms with E-state index in [0.717, 1.165) is 18.4 Å². The first-order valence-corrected chi connectivity index (χ1v) is 11.6. The summed E-state index contributed by atoms with van der Waals surface area (Å²) in [4.78, 5) is 17.0. The molecule has 0 atom stereocenters. The molecule has 0 spiro atoms. The highest BCUT2D eigenvalue weighted by atomic mass is 32.2. The Bertz CT molecular complexity index is 987. The van der Waals surface area contributed by atoms with Crippen LogP contribution in [0.5, 0.6) is 5.88 Å². The zero-order valence-electron chi connectivity index (χ0n) is 16.2. The van der Waals surface area contributed by atoms with Crippen molar-refractivity contribution in [3.05, 3.63) is 53.7 Å². The van der Waals surface area contributed by atoms with Gasteiger partial charge in [-0.1, -0.05) is 12.1 Å². The minimum absolute atomic E-state index is 0.147. The summed E-state index contributed by atoms with van der Waals surface area (Å²) in [6.45, 7) is 0.742. The third kappa shape index (κ3) is 4.53. The molecule has 8 heteroatoms. The molecule has 7 nitrogen and oxygen atoms in total. The fraction of sp³-hybridized carbons (Fsp3) is 0.429. The van der Waals surface area contributed by atoms with Crippen LogP contribution in [0.15, 0.2) is 42.6 Å². The summed E-state index contributed by atoms with van der Waals surface area (Å²) in [5.74, 6) is 0.449. The molecule has 1 saturated carbocycles. The molecule has 1 aromatic heterocycles. The molecule has 2 aromatic rings. The van der Waals surface area contributed by atoms with Crippen molar-refractivity contribution in [3.63, 3.8) is 0 Å². The van der Waals surface area contributed by atoms with Gasteiger partial charge in [-0.25, -0.2) is 13.4 Å². The SMILES string of the molecule is O=C(NCc1cccnc1OC1CCCC1)c1cccc(N2CCCS2(=O)=O)c1. The Hall–Kier alpha value is -2.61. The highest BCUT2D eigenvalue weighted by molar-refractivity contribution is 7.93. The smallest absolute Gasteiger partial charge is 0.251 e. The van der Waals surface area contributed by atoms with Gasteiger partial charge < -0.3 is 10.1 Å². The number of anilines is 1. The first kappa shape index (κ1) is 19.7. The molecule has 154 valence electrons. The number of ether oxygens (including phenoxy) is 1. The van der Waals surface area contributed by atoms with Gasteiger partial charge in [0, 0.05) is 30.4 Å². The molecule has 1 N–H and O–H groups in total. The van der Waals surface area contributed by atoms with Crippen molar-refractivity contribution < 1.29 is 17.9 Å². The fourth-order valence-corrected chi connectivity index (χ4v) is 5.39. The second kappa shape index (κ2) is 8.41. The van der Waals surface area contributed by atoms with Crippen molar-refractivity contribution >= 4 is 21.6 Å². The number of nitrogens with zero attached hydrogens (tertiary/aromatic N) is 2. The van der Waals surface area contributed by atoms with Crippen LogP contribution in [-0.2, 0) is 16.6 Å². The van der Waals surface area contributed by atoms with Crippen LogP contribution < -0.4 is 14.4 Å². The van der Waals surface area contributed by atoms with Gasteiger partial charge >= 0.3 is 0 Å². The molecule has 0 radical (unpaired) electrons. The Morgan fingerprint density at radius 1 is 1.17 bits per heavy atom. The van der Waals surface area contributed by atoms with Gasteiger partial charge in [-0.05, 0) is 56.4 Å². The van der Waals surface area contributed by atoms with Crippen LogP contribution in [0.4, 0.5) is 5.69 Å². The zero-order valence-corrected chi connectivity index (χ0v) is 17.0. The van der Waals surface area contributed by atoms with E-state index >= 15 is 0 Å². The first-order chi connectivity index (χ1) is 14.0. The van der Waals surface area contributed by atoms with Crippen molar-refractivity contribution in [2.24, 2.45) is 0 Å². The largest absolute Gasteiger partial charge is 0.474 e. The molecule has 4 rings (SSSR count). The molecule has 1 saturated heterocycles. The highest BCUT2D eigenvalue weighted by Gasteiger charge is 2.28. The number of aromatic nitrogens is 1. The lowest BCUT2D eigenvalue weighted by atomic mass is 10.1. The van der Waals surface area contributed by atoms with Crippen LogP contribution in [0.1, 0.15) is 48.0 Å². The molecule has 1 aromatic carbocycles. The Morgan fingerprint density at radius 3 is 2.76 bits per heavy atom. The molecule has 1 aliphatic heterocycles. The Morgan fingerprint density at radius 2 is 2.00 bits per heavy atom. The molecule has 2 fully saturated rings. The summed E-state index contributed by atoms with van der Waals surface area (Å²) < 4.78 is 31.7. The number of hydrogen-bond acceptors (Lipinski definition) is 5. The number of amides is 1. The van der Waals surface area contributed by atoms with Crippen LogP contribution >= 0.6 is 0 Å². The third-order valence-corrected chi connectivity index (χ3v) is 7.24. The number of rotatable bonds is 6. The summed E-state index contributed by atoms with van der Waals surface area (Å²) in [6.07, 6.45) is 6.90. The second-order valence-electron chi connectivity index (χ2n) is 7.47. The topological polar surface area (TPSA) is 88.6 Å². The maximum atomic E-state index is 12.7. The Balaban J connectivity index is 1.44. The van der Waals surface area contributed by atoms with Crippen LogP contribution in [0.25, 0.3) is 0 Å². The third-order valence-electron chi connectivity index (χ3n) is 5.37. The van der Waals surface area contributed by atoms with Crippen LogP contribution in [0.2, 0.25) is 0 Å². The molecule has 0 bridgehead atoms. The van der Waals surface area contributed by atoms with Crippen molar-refractivity contribution in [3.8, 4) is 5.88 Å². The lowest BCUT2D eigenvalue weighted by molar-refractivity contribution is 0.0950. The molecule has 1 aliphatic carbocycles. The standard InChI is InChI=1S/C21H25N3O4S/c25-20(16-6-3-8-18(14-16)24-12-5-13-29(24,26)27)23-15-17-7-4-11-22-21(17)28-19-9-1-2-10-19/h3-4,6-8,11,14,19H,1-2,5,9-10,12-13,15H2,(H,23,25). The molecular weight excluding hydrogens is 390 g/mol. The quantitative estimate of drug-likeness (QED) is 0.784. The van der Waals surface area contributed by atoms with Crippen molar-refractivity contribution in [1.82, 2.24) is 10.3 Å². The monoisotopic (exact) mass is 415 g/mol. The zero-order chi connectivity index (χ0) is 20.3. The normalized spacial score (nSPS) is 18.7. The van der Waals surface area contributed by atoms with Gasteiger partial charge in [0.05, 0.1) is 11.4 Å². The van der Waals surface area contributed by atoms with Crippen LogP contribution in [0.3, 0.4) is 0 Å². The van der Waals surface area contributed by atoms with E-state index in [-0.39, 0.29) is 17.8 Å². The van der Waals surface area contributed by atoms with E-state index in [1.54, 1.807) is 30.5 Å². The number of nitrogens with one attached hydrogen (secondary N) is 1. The van der Waals surface area contributed by atoms with E-state index in [2.05, 4.69) is 10.3 Å². The lowest BCUT2D eigenvalue weighted by Gasteiger charge is -2.18. The summed E-state index contributed by atoms with van der Waals surface area (Å²) in [7, 11) is -3.28. The lowest BCUT2D eigenvalue weighted by Crippen LogP contribution is -2.27. The summed E-state index contributed by atoms with van der Waals surface area (Å²) in [5.41, 5.74) is 1.78. The number of benzene rings is 1. The Kier molecular flexibility index (Phi) is 5.71. The maximum Gasteiger partial charge on any atom is 0.251 e. The predicted octanol–water partition coefficient (Wildman–Crippen LogP) is 2.87. The second-order valence-corrected chi connectivity index (χ2v) is 9.48. The number of carbonyl (C=O) groups excluding carboxylic acids is 1. The average molecular weight is 416 g/mol. The van der Waals surface area contributed by atoms with Gasteiger partial charge in [0.1, 0.15) is 6.10 Å². The molecule has 29 heavy (non-hydrogen) atoms. The molecule has 0 unspecified atom stereocenters. The predicted molar refractivity (Wildman–Crippen MR) is 110 cm³/mol. The molecule has 2 aliphatic rings. The van der Waals surface area contributed by atoms with Gasteiger partial charge in [-0.3, -0.25) is 9.10 Å². The van der Waals surface area contributed by atoms with Crippen molar-refractivity contribution in [2.75, 3.05) is 16.6 Å². The van der Waals surface area contributed by atoms with E-state index in [9.17, 15) is 13.2 Å². The van der Waals surface area contributed by atoms with Crippen molar-refractivity contribution in [2.45, 2.75) is 44.8 Å². The summed E-state index contributed by atoms with van der Waals surface area (Å²) in [6, 6.07) is 10.4. The summed E-state index contributed by atoms with van der Waals surface area (Å²) in [5, 5.41) is 2.89. The van der Waals surface area contributed by atoms with Crippen molar-refractivity contribution in [1.29, 1.82) is 0 Å². The summed E-state index contributed by atoms with van der Waals surface area (Å²) >= 11 is 0. The maximum absolute atomic E-state index is 12.7. The Labute approximate surface area is 171 Å². The number of carbonyl (C=O) groups is 1. The minimum atomic E-state index is -3.28. The van der Waals surface area contributed by atoms with Crippen LogP contribution in [-0.4, -0.2) is 37.7 Å². The highest BCUT2D eigenvalue weighted by Crippen LogP contribution is 2.26. The average Bonchev–Trinajstić information content (AvgIpc) is 3.36. The van der Waals surface area contributed by atoms with Gasteiger partial charge in [-0.15, -0.1) is 0 Å². The molecule has 1 amide bonds. The van der Waals surface area contributed by atoms with E-state index in [0.29, 0.717) is 36.6 Å². The van der Waals surface area contributed by atoms with E-state index < -0.39 is 10.0 Å². The van der Waals surface area contributed by atoms with Gasteiger partial charge in [0.15, 0.2) is 0 Å². The molecule has 2 heterocycles. The van der Waals surface area contributed by atoms with Crippen LogP contribution in [0, 0.1) is 0 Å². The number of pyridine rings is 1. The first-order valence-electron chi connectivity index (χ1n) is 10.0. The number of sulfonamides is 1. The van der Waals surface area contributed by atoms with E-state index in [4.69, 9.17) is 4.74 Å². The van der Waals surface area contributed by atoms with E-state index in [1.165, 1.54) is 17.1 Å². The minimum Gasteiger partial charge on any atom is -0.474 e. The fourth-order valence-electron chi connectivity index (χ4n) is 3.84. The van der Waals surface area contributed by atoms with Gasteiger partial charge in [-0.2, -0.15) is 0 Å². The van der Waals surface area contributed by atoms with Gasteiger partial charge in [0.25, 0.3) is 5.91 Å². The molecular formula is C21H25N3O4S. The van der Waals surface area contributed by atoms with Gasteiger partial charge in [0.2, 0.25) is 15.9 Å².